The van der Waals surface area contributed by atoms with Crippen LogP contribution in [-0.4, -0.2) is 28.9 Å². The Morgan fingerprint density at radius 1 is 1.03 bits per heavy atom. The van der Waals surface area contributed by atoms with Gasteiger partial charge in [-0.25, -0.2) is 0 Å². The van der Waals surface area contributed by atoms with E-state index in [1.807, 2.05) is 36.5 Å². The van der Waals surface area contributed by atoms with E-state index in [1.54, 1.807) is 14.2 Å². The molecule has 0 spiro atoms. The van der Waals surface area contributed by atoms with E-state index in [0.717, 1.165) is 22.9 Å². The minimum atomic E-state index is -0.0952. The highest BCUT2D eigenvalue weighted by atomic mass is 32.1. The third kappa shape index (κ3) is 3.82. The molecule has 178 valence electrons. The van der Waals surface area contributed by atoms with E-state index in [0.29, 0.717) is 11.2 Å². The predicted octanol–water partition coefficient (Wildman–Crippen LogP) is 5.81. The Kier molecular flexibility index (Phi) is 6.21. The van der Waals surface area contributed by atoms with Gasteiger partial charge in [-0.2, -0.15) is 0 Å². The number of aryl methyl sites for hydroxylation is 1. The first-order valence-electron chi connectivity index (χ1n) is 11.9. The number of thiocarbonyl (C=S) groups is 1. The second-order valence-electron chi connectivity index (χ2n) is 9.17. The molecule has 3 heterocycles. The lowest BCUT2D eigenvalue weighted by atomic mass is 9.96. The van der Waals surface area contributed by atoms with Gasteiger partial charge in [0.05, 0.1) is 37.7 Å². The van der Waals surface area contributed by atoms with Gasteiger partial charge in [-0.05, 0) is 74.8 Å². The smallest absolute Gasteiger partial charge is 0.174 e. The maximum absolute atomic E-state index is 5.94. The van der Waals surface area contributed by atoms with Crippen molar-refractivity contribution in [3.05, 3.63) is 71.3 Å². The summed E-state index contributed by atoms with van der Waals surface area (Å²) >= 11 is 5.94. The van der Waals surface area contributed by atoms with E-state index in [4.69, 9.17) is 26.7 Å². The maximum Gasteiger partial charge on any atom is 0.174 e. The van der Waals surface area contributed by atoms with Crippen LogP contribution in [0.3, 0.4) is 0 Å². The summed E-state index contributed by atoms with van der Waals surface area (Å²) in [6.07, 6.45) is 6.93. The van der Waals surface area contributed by atoms with Gasteiger partial charge in [0, 0.05) is 29.7 Å². The van der Waals surface area contributed by atoms with Gasteiger partial charge < -0.3 is 24.3 Å². The van der Waals surface area contributed by atoms with Crippen molar-refractivity contribution in [1.29, 1.82) is 0 Å². The average molecular weight is 477 g/mol. The molecular formula is C27H32N4O2S. The summed E-state index contributed by atoms with van der Waals surface area (Å²) in [6.45, 7) is 4.47. The lowest BCUT2D eigenvalue weighted by molar-refractivity contribution is 0.402. The summed E-state index contributed by atoms with van der Waals surface area (Å²) in [5.74, 6) is 1.51. The summed E-state index contributed by atoms with van der Waals surface area (Å²) in [4.78, 5) is 6.88. The predicted molar refractivity (Wildman–Crippen MR) is 139 cm³/mol. The molecule has 1 saturated heterocycles. The number of hydrogen-bond acceptors (Lipinski definition) is 4. The molecular weight excluding hydrogens is 444 g/mol. The molecule has 1 aliphatic carbocycles. The molecule has 5 rings (SSSR count). The van der Waals surface area contributed by atoms with Crippen LogP contribution >= 0.6 is 12.2 Å². The number of benzene rings is 1. The first-order valence-corrected chi connectivity index (χ1v) is 12.3. The highest BCUT2D eigenvalue weighted by Gasteiger charge is 2.43. The van der Waals surface area contributed by atoms with Gasteiger partial charge in [0.25, 0.3) is 0 Å². The van der Waals surface area contributed by atoms with Crippen LogP contribution in [0.15, 0.2) is 48.7 Å². The number of pyridine rings is 1. The van der Waals surface area contributed by atoms with Crippen molar-refractivity contribution >= 4 is 23.0 Å². The molecule has 0 radical (unpaired) electrons. The number of aromatic nitrogens is 2. The topological polar surface area (TPSA) is 51.6 Å². The number of hydrogen-bond donors (Lipinski definition) is 1. The van der Waals surface area contributed by atoms with Gasteiger partial charge >= 0.3 is 0 Å². The second kappa shape index (κ2) is 9.29. The fourth-order valence-electron chi connectivity index (χ4n) is 5.74. The molecule has 0 amide bonds. The average Bonchev–Trinajstić information content (AvgIpc) is 3.57. The van der Waals surface area contributed by atoms with E-state index < -0.39 is 0 Å². The Morgan fingerprint density at radius 3 is 2.50 bits per heavy atom. The zero-order chi connectivity index (χ0) is 23.8. The highest BCUT2D eigenvalue weighted by Crippen LogP contribution is 2.47. The standard InChI is InChI=1S/C27H32N4O2S/c1-17-15-21(18(2)30(17)19-9-5-6-10-19)26-25(22-11-7-8-14-28-22)29-27(34)31(26)23-16-20(32-3)12-13-24(23)33-4/h7-8,11-16,19,25-26H,5-6,9-10H2,1-4H3,(H,29,34)/t25-,26-/m0/s1. The van der Waals surface area contributed by atoms with Crippen LogP contribution < -0.4 is 19.7 Å². The van der Waals surface area contributed by atoms with Crippen molar-refractivity contribution < 1.29 is 9.47 Å². The van der Waals surface area contributed by atoms with E-state index in [2.05, 4.69) is 40.8 Å². The molecule has 1 N–H and O–H groups in total. The fraction of sp³-hybridized carbons (Fsp3) is 0.407. The largest absolute Gasteiger partial charge is 0.497 e. The number of methoxy groups -OCH3 is 2. The van der Waals surface area contributed by atoms with Crippen LogP contribution in [0.25, 0.3) is 0 Å². The molecule has 1 saturated carbocycles. The van der Waals surface area contributed by atoms with Crippen LogP contribution in [0, 0.1) is 13.8 Å². The van der Waals surface area contributed by atoms with Crippen molar-refractivity contribution in [2.45, 2.75) is 57.7 Å². The summed E-state index contributed by atoms with van der Waals surface area (Å²) in [7, 11) is 3.37. The Morgan fingerprint density at radius 2 is 1.82 bits per heavy atom. The zero-order valence-corrected chi connectivity index (χ0v) is 21.1. The molecule has 3 aromatic rings. The van der Waals surface area contributed by atoms with E-state index in [1.165, 1.54) is 42.6 Å². The molecule has 1 aliphatic heterocycles. The van der Waals surface area contributed by atoms with Crippen LogP contribution in [0.1, 0.15) is 66.5 Å². The van der Waals surface area contributed by atoms with Crippen molar-refractivity contribution in [3.63, 3.8) is 0 Å². The molecule has 0 unspecified atom stereocenters. The van der Waals surface area contributed by atoms with Gasteiger partial charge in [0.1, 0.15) is 11.5 Å². The van der Waals surface area contributed by atoms with E-state index >= 15 is 0 Å². The lowest BCUT2D eigenvalue weighted by Crippen LogP contribution is -2.30. The molecule has 2 aliphatic rings. The van der Waals surface area contributed by atoms with Gasteiger partial charge in [0.2, 0.25) is 0 Å². The highest BCUT2D eigenvalue weighted by molar-refractivity contribution is 7.80. The normalized spacial score (nSPS) is 20.6. The van der Waals surface area contributed by atoms with E-state index in [9.17, 15) is 0 Å². The number of ether oxygens (including phenoxy) is 2. The number of anilines is 1. The SMILES string of the molecule is COc1ccc(OC)c(N2C(=S)N[C@@H](c3ccccn3)[C@@H]2c2cc(C)n(C3CCCC3)c2C)c1. The monoisotopic (exact) mass is 476 g/mol. The lowest BCUT2D eigenvalue weighted by Gasteiger charge is -2.29. The van der Waals surface area contributed by atoms with Gasteiger partial charge in [-0.3, -0.25) is 4.98 Å². The zero-order valence-electron chi connectivity index (χ0n) is 20.2. The molecule has 1 aromatic carbocycles. The van der Waals surface area contributed by atoms with Gasteiger partial charge in [0.15, 0.2) is 5.11 Å². The van der Waals surface area contributed by atoms with Crippen molar-refractivity contribution in [1.82, 2.24) is 14.9 Å². The third-order valence-electron chi connectivity index (χ3n) is 7.28. The minimum Gasteiger partial charge on any atom is -0.497 e. The Labute approximate surface area is 206 Å². The first kappa shape index (κ1) is 22.7. The maximum atomic E-state index is 5.94. The summed E-state index contributed by atoms with van der Waals surface area (Å²) in [5, 5.41) is 4.22. The molecule has 0 bridgehead atoms. The van der Waals surface area contributed by atoms with Crippen LogP contribution in [-0.2, 0) is 0 Å². The molecule has 6 nitrogen and oxygen atoms in total. The second-order valence-corrected chi connectivity index (χ2v) is 9.56. The molecule has 34 heavy (non-hydrogen) atoms. The Balaban J connectivity index is 1.68. The fourth-order valence-corrected chi connectivity index (χ4v) is 6.08. The summed E-state index contributed by atoms with van der Waals surface area (Å²) < 4.78 is 13.9. The third-order valence-corrected chi connectivity index (χ3v) is 7.59. The van der Waals surface area contributed by atoms with Crippen LogP contribution in [0.2, 0.25) is 0 Å². The number of nitrogens with one attached hydrogen (secondary N) is 1. The summed E-state index contributed by atoms with van der Waals surface area (Å²) in [6, 6.07) is 14.6. The molecule has 2 atom stereocenters. The Hall–Kier alpha value is -3.06. The molecule has 2 aromatic heterocycles. The minimum absolute atomic E-state index is 0.0789. The van der Waals surface area contributed by atoms with Gasteiger partial charge in [-0.1, -0.05) is 18.9 Å². The van der Waals surface area contributed by atoms with Crippen LogP contribution in [0.5, 0.6) is 11.5 Å². The van der Waals surface area contributed by atoms with Crippen molar-refractivity contribution in [2.24, 2.45) is 0 Å². The van der Waals surface area contributed by atoms with Crippen LogP contribution in [0.4, 0.5) is 5.69 Å². The first-order chi connectivity index (χ1) is 16.5. The number of rotatable bonds is 6. The number of nitrogens with zero attached hydrogens (tertiary/aromatic N) is 3. The van der Waals surface area contributed by atoms with E-state index in [-0.39, 0.29) is 12.1 Å². The van der Waals surface area contributed by atoms with Gasteiger partial charge in [-0.15, -0.1) is 0 Å². The quantitative estimate of drug-likeness (QED) is 0.453. The molecule has 2 fully saturated rings. The van der Waals surface area contributed by atoms with Crippen molar-refractivity contribution in [3.8, 4) is 11.5 Å². The Bertz CT molecular complexity index is 1190. The molecule has 7 heteroatoms. The van der Waals surface area contributed by atoms with Crippen molar-refractivity contribution in [2.75, 3.05) is 19.1 Å². The summed E-state index contributed by atoms with van der Waals surface area (Å²) in [5.41, 5.74) is 5.71.